The number of carbonyl (C=O) groups excluding carboxylic acids is 1. The van der Waals surface area contributed by atoms with Gasteiger partial charge in [-0.2, -0.15) is 0 Å². The number of sulfonamides is 1. The number of thioether (sulfide) groups is 1. The van der Waals surface area contributed by atoms with Crippen molar-refractivity contribution in [3.05, 3.63) is 102 Å². The predicted molar refractivity (Wildman–Crippen MR) is 140 cm³/mol. The Labute approximate surface area is 203 Å². The lowest BCUT2D eigenvalue weighted by Gasteiger charge is -2.25. The molecule has 4 aromatic carbocycles. The first-order valence-corrected chi connectivity index (χ1v) is 13.5. The molecule has 1 saturated heterocycles. The number of rotatable bonds is 5. The van der Waals surface area contributed by atoms with Gasteiger partial charge in [0.25, 0.3) is 10.0 Å². The van der Waals surface area contributed by atoms with E-state index in [-0.39, 0.29) is 16.2 Å². The van der Waals surface area contributed by atoms with Gasteiger partial charge >= 0.3 is 0 Å². The van der Waals surface area contributed by atoms with Gasteiger partial charge in [-0.3, -0.25) is 14.4 Å². The highest BCUT2D eigenvalue weighted by Gasteiger charge is 2.34. The lowest BCUT2D eigenvalue weighted by atomic mass is 10.1. The molecule has 1 atom stereocenters. The Hall–Kier alpha value is -3.29. The Balaban J connectivity index is 1.38. The fourth-order valence-corrected chi connectivity index (χ4v) is 6.36. The van der Waals surface area contributed by atoms with Crippen LogP contribution in [0.2, 0.25) is 0 Å². The molecule has 1 N–H and O–H groups in total. The molecular weight excluding hydrogens is 464 g/mol. The van der Waals surface area contributed by atoms with E-state index in [1.807, 2.05) is 72.5 Å². The average molecular weight is 489 g/mol. The first-order chi connectivity index (χ1) is 16.3. The van der Waals surface area contributed by atoms with Gasteiger partial charge in [0, 0.05) is 11.4 Å². The molecule has 1 unspecified atom stereocenters. The molecule has 5 rings (SSSR count). The molecular formula is C27H24N2O3S2. The molecule has 172 valence electrons. The van der Waals surface area contributed by atoms with Crippen LogP contribution >= 0.6 is 11.8 Å². The second-order valence-corrected chi connectivity index (χ2v) is 11.2. The maximum atomic E-state index is 13.0. The van der Waals surface area contributed by atoms with Gasteiger partial charge in [-0.25, -0.2) is 8.42 Å². The summed E-state index contributed by atoms with van der Waals surface area (Å²) in [7, 11) is -3.73. The Morgan fingerprint density at radius 2 is 1.59 bits per heavy atom. The third-order valence-corrected chi connectivity index (χ3v) is 8.71. The van der Waals surface area contributed by atoms with Crippen LogP contribution in [0.3, 0.4) is 0 Å². The van der Waals surface area contributed by atoms with E-state index in [1.54, 1.807) is 36.0 Å². The zero-order valence-electron chi connectivity index (χ0n) is 18.9. The molecule has 0 saturated carbocycles. The molecule has 1 fully saturated rings. The molecule has 1 aliphatic heterocycles. The van der Waals surface area contributed by atoms with E-state index in [2.05, 4.69) is 11.6 Å². The standard InChI is InChI=1S/C27H24N2O3S2/c1-18-7-13-24(15-19(18)2)29-26(30)17-33-27(29)21-8-11-23(12-9-21)28-34(31,32)25-14-10-20-5-3-4-6-22(20)16-25/h3-16,27-28H,17H2,1-2H3. The smallest absolute Gasteiger partial charge is 0.261 e. The Kier molecular flexibility index (Phi) is 5.83. The number of hydrogen-bond donors (Lipinski definition) is 1. The number of carbonyl (C=O) groups is 1. The van der Waals surface area contributed by atoms with Crippen molar-refractivity contribution >= 4 is 49.8 Å². The van der Waals surface area contributed by atoms with E-state index in [9.17, 15) is 13.2 Å². The van der Waals surface area contributed by atoms with Gasteiger partial charge in [0.15, 0.2) is 0 Å². The Bertz CT molecular complexity index is 1500. The second kappa shape index (κ2) is 8.81. The maximum absolute atomic E-state index is 13.0. The first kappa shape index (κ1) is 22.5. The van der Waals surface area contributed by atoms with Gasteiger partial charge in [-0.15, -0.1) is 11.8 Å². The molecule has 0 bridgehead atoms. The lowest BCUT2D eigenvalue weighted by Crippen LogP contribution is -2.27. The summed E-state index contributed by atoms with van der Waals surface area (Å²) in [6, 6.07) is 26.0. The number of nitrogens with one attached hydrogen (secondary N) is 1. The van der Waals surface area contributed by atoms with Crippen molar-refractivity contribution in [2.45, 2.75) is 24.1 Å². The van der Waals surface area contributed by atoms with Crippen LogP contribution in [-0.2, 0) is 14.8 Å². The van der Waals surface area contributed by atoms with Crippen LogP contribution in [0, 0.1) is 13.8 Å². The number of anilines is 2. The van der Waals surface area contributed by atoms with Crippen LogP contribution in [0.25, 0.3) is 10.8 Å². The van der Waals surface area contributed by atoms with Crippen molar-refractivity contribution in [2.75, 3.05) is 15.4 Å². The van der Waals surface area contributed by atoms with Crippen LogP contribution < -0.4 is 9.62 Å². The molecule has 0 spiro atoms. The minimum absolute atomic E-state index is 0.0688. The van der Waals surface area contributed by atoms with Crippen LogP contribution in [0.1, 0.15) is 22.1 Å². The van der Waals surface area contributed by atoms with Gasteiger partial charge in [0.1, 0.15) is 5.37 Å². The summed E-state index contributed by atoms with van der Waals surface area (Å²) in [6.07, 6.45) is 0. The van der Waals surface area contributed by atoms with Crippen LogP contribution in [0.5, 0.6) is 0 Å². The normalized spacial score (nSPS) is 16.2. The van der Waals surface area contributed by atoms with E-state index < -0.39 is 10.0 Å². The van der Waals surface area contributed by atoms with E-state index >= 15 is 0 Å². The van der Waals surface area contributed by atoms with Crippen molar-refractivity contribution in [1.29, 1.82) is 0 Å². The molecule has 0 radical (unpaired) electrons. The highest BCUT2D eigenvalue weighted by atomic mass is 32.2. The summed E-state index contributed by atoms with van der Waals surface area (Å²) in [5, 5.41) is 1.71. The second-order valence-electron chi connectivity index (χ2n) is 8.43. The minimum atomic E-state index is -3.73. The van der Waals surface area contributed by atoms with Gasteiger partial charge in [-0.1, -0.05) is 48.5 Å². The first-order valence-electron chi connectivity index (χ1n) is 10.9. The highest BCUT2D eigenvalue weighted by Crippen LogP contribution is 2.42. The third-order valence-electron chi connectivity index (χ3n) is 6.12. The molecule has 1 heterocycles. The zero-order chi connectivity index (χ0) is 23.9. The molecule has 5 nitrogen and oxygen atoms in total. The summed E-state index contributed by atoms with van der Waals surface area (Å²) in [4.78, 5) is 14.7. The van der Waals surface area contributed by atoms with Crippen molar-refractivity contribution in [1.82, 2.24) is 0 Å². The molecule has 0 aromatic heterocycles. The van der Waals surface area contributed by atoms with E-state index in [0.29, 0.717) is 11.4 Å². The molecule has 1 amide bonds. The van der Waals surface area contributed by atoms with E-state index in [4.69, 9.17) is 0 Å². The fraction of sp³-hybridized carbons (Fsp3) is 0.148. The summed E-state index contributed by atoms with van der Waals surface area (Å²) >= 11 is 1.57. The van der Waals surface area contributed by atoms with Crippen molar-refractivity contribution in [2.24, 2.45) is 0 Å². The molecule has 4 aromatic rings. The summed E-state index contributed by atoms with van der Waals surface area (Å²) in [5.41, 5.74) is 4.62. The lowest BCUT2D eigenvalue weighted by molar-refractivity contribution is -0.115. The summed E-state index contributed by atoms with van der Waals surface area (Å²) in [6.45, 7) is 4.09. The quantitative estimate of drug-likeness (QED) is 0.372. The van der Waals surface area contributed by atoms with Crippen LogP contribution in [0.4, 0.5) is 11.4 Å². The monoisotopic (exact) mass is 488 g/mol. The Morgan fingerprint density at radius 3 is 2.32 bits per heavy atom. The van der Waals surface area contributed by atoms with Gasteiger partial charge < -0.3 is 0 Å². The van der Waals surface area contributed by atoms with Crippen LogP contribution in [-0.4, -0.2) is 20.1 Å². The minimum Gasteiger partial charge on any atom is -0.295 e. The molecule has 34 heavy (non-hydrogen) atoms. The molecule has 1 aliphatic rings. The van der Waals surface area contributed by atoms with Crippen molar-refractivity contribution < 1.29 is 13.2 Å². The number of amides is 1. The third kappa shape index (κ3) is 4.29. The topological polar surface area (TPSA) is 66.5 Å². The molecule has 7 heteroatoms. The SMILES string of the molecule is Cc1ccc(N2C(=O)CSC2c2ccc(NS(=O)(=O)c3ccc4ccccc4c3)cc2)cc1C. The number of fused-ring (bicyclic) bond motifs is 1. The maximum Gasteiger partial charge on any atom is 0.261 e. The number of nitrogens with zero attached hydrogens (tertiary/aromatic N) is 1. The molecule has 0 aliphatic carbocycles. The number of benzene rings is 4. The predicted octanol–water partition coefficient (Wildman–Crippen LogP) is 6.04. The van der Waals surface area contributed by atoms with Gasteiger partial charge in [-0.05, 0) is 77.7 Å². The Morgan fingerprint density at radius 1 is 0.853 bits per heavy atom. The fourth-order valence-electron chi connectivity index (χ4n) is 4.09. The van der Waals surface area contributed by atoms with Gasteiger partial charge in [0.05, 0.1) is 10.6 Å². The largest absolute Gasteiger partial charge is 0.295 e. The zero-order valence-corrected chi connectivity index (χ0v) is 20.5. The summed E-state index contributed by atoms with van der Waals surface area (Å²) < 4.78 is 28.6. The number of aryl methyl sites for hydroxylation is 2. The van der Waals surface area contributed by atoms with E-state index in [1.165, 1.54) is 5.56 Å². The van der Waals surface area contributed by atoms with Gasteiger partial charge in [0.2, 0.25) is 5.91 Å². The van der Waals surface area contributed by atoms with Crippen molar-refractivity contribution in [3.63, 3.8) is 0 Å². The van der Waals surface area contributed by atoms with E-state index in [0.717, 1.165) is 27.6 Å². The highest BCUT2D eigenvalue weighted by molar-refractivity contribution is 8.00. The van der Waals surface area contributed by atoms with Crippen molar-refractivity contribution in [3.8, 4) is 0 Å². The van der Waals surface area contributed by atoms with Crippen LogP contribution in [0.15, 0.2) is 89.8 Å². The average Bonchev–Trinajstić information content (AvgIpc) is 3.22. The number of hydrogen-bond acceptors (Lipinski definition) is 4. The summed E-state index contributed by atoms with van der Waals surface area (Å²) in [5.74, 6) is 0.479.